The lowest BCUT2D eigenvalue weighted by Gasteiger charge is -2.23. The summed E-state index contributed by atoms with van der Waals surface area (Å²) >= 11 is 0. The van der Waals surface area contributed by atoms with Crippen molar-refractivity contribution in [1.82, 2.24) is 0 Å². The summed E-state index contributed by atoms with van der Waals surface area (Å²) in [6.45, 7) is 4.65. The summed E-state index contributed by atoms with van der Waals surface area (Å²) in [5.74, 6) is -3.25. The second-order valence-electron chi connectivity index (χ2n) is 4.13. The van der Waals surface area contributed by atoms with Crippen LogP contribution in [-0.4, -0.2) is 37.8 Å². The number of ether oxygens (including phenoxy) is 1. The highest BCUT2D eigenvalue weighted by Crippen LogP contribution is 2.30. The summed E-state index contributed by atoms with van der Waals surface area (Å²) in [7, 11) is 0. The van der Waals surface area contributed by atoms with Gasteiger partial charge in [-0.25, -0.2) is 31.1 Å². The fraction of sp³-hybridized carbons (Fsp3) is 0.750. The van der Waals surface area contributed by atoms with E-state index in [4.69, 9.17) is 0 Å². The molecule has 0 aliphatic heterocycles. The van der Waals surface area contributed by atoms with Crippen LogP contribution in [-0.2, 0) is 9.53 Å². The molecule has 0 aliphatic carbocycles. The predicted octanol–water partition coefficient (Wildman–Crippen LogP) is 3.71. The number of hydrogen-bond acceptors (Lipinski definition) is 2. The van der Waals surface area contributed by atoms with Gasteiger partial charge >= 0.3 is 5.97 Å². The molecule has 2 nitrogen and oxygen atoms in total. The van der Waals surface area contributed by atoms with Gasteiger partial charge in [0, 0.05) is 11.5 Å². The Morgan fingerprint density at radius 2 is 1.65 bits per heavy atom. The summed E-state index contributed by atoms with van der Waals surface area (Å²) < 4.78 is 79.6. The Bertz CT molecular complexity index is 321. The van der Waals surface area contributed by atoms with Crippen molar-refractivity contribution >= 4 is 5.97 Å². The molecule has 0 aliphatic rings. The van der Waals surface area contributed by atoms with Gasteiger partial charge in [-0.3, -0.25) is 0 Å². The molecule has 0 radical (unpaired) electrons. The molecule has 20 heavy (non-hydrogen) atoms. The number of alkyl halides is 6. The number of carbonyl (C=O) groups is 1. The molecule has 0 saturated heterocycles. The van der Waals surface area contributed by atoms with Crippen LogP contribution in [0.5, 0.6) is 0 Å². The van der Waals surface area contributed by atoms with Crippen molar-refractivity contribution in [2.75, 3.05) is 6.61 Å². The molecule has 0 aromatic rings. The summed E-state index contributed by atoms with van der Waals surface area (Å²) in [6.07, 6.45) is -13.6. The van der Waals surface area contributed by atoms with E-state index in [-0.39, 0.29) is 6.61 Å². The molecule has 0 fully saturated rings. The van der Waals surface area contributed by atoms with Crippen molar-refractivity contribution in [3.63, 3.8) is 0 Å². The Hall–Kier alpha value is -1.21. The molecule has 0 N–H and O–H groups in total. The number of carbonyl (C=O) groups excluding carboxylic acids is 1. The SMILES string of the molecule is C=C(C(=O)OCCC)C(CC(F)C(F)F)C(F)C(F)F. The molecule has 3 atom stereocenters. The van der Waals surface area contributed by atoms with Gasteiger partial charge in [0.1, 0.15) is 0 Å². The molecule has 0 amide bonds. The molecule has 0 spiro atoms. The maximum absolute atomic E-state index is 13.3. The van der Waals surface area contributed by atoms with Crippen molar-refractivity contribution in [3.05, 3.63) is 12.2 Å². The summed E-state index contributed by atoms with van der Waals surface area (Å²) in [5, 5.41) is 0. The van der Waals surface area contributed by atoms with E-state index in [1.54, 1.807) is 6.92 Å². The maximum Gasteiger partial charge on any atom is 0.333 e. The lowest BCUT2D eigenvalue weighted by molar-refractivity contribution is -0.140. The van der Waals surface area contributed by atoms with Gasteiger partial charge in [-0.15, -0.1) is 0 Å². The van der Waals surface area contributed by atoms with Crippen LogP contribution >= 0.6 is 0 Å². The quantitative estimate of drug-likeness (QED) is 0.369. The minimum absolute atomic E-state index is 0.0654. The van der Waals surface area contributed by atoms with Gasteiger partial charge in [0.15, 0.2) is 12.3 Å². The van der Waals surface area contributed by atoms with E-state index in [2.05, 4.69) is 11.3 Å². The number of rotatable bonds is 9. The molecule has 8 heteroatoms. The Morgan fingerprint density at radius 3 is 2.05 bits per heavy atom. The zero-order valence-corrected chi connectivity index (χ0v) is 10.8. The largest absolute Gasteiger partial charge is 0.462 e. The standard InChI is InChI=1S/C12H16F6O2/c1-3-4-20-12(19)6(2)7(9(14)11(17)18)5-8(13)10(15)16/h7-11H,2-5H2,1H3. The van der Waals surface area contributed by atoms with Gasteiger partial charge < -0.3 is 4.74 Å². The molecule has 0 aromatic heterocycles. The number of halogens is 6. The predicted molar refractivity (Wildman–Crippen MR) is 60.3 cm³/mol. The van der Waals surface area contributed by atoms with Gasteiger partial charge in [0.25, 0.3) is 12.9 Å². The molecule has 0 heterocycles. The molecule has 0 rings (SSSR count). The van der Waals surface area contributed by atoms with E-state index in [0.717, 1.165) is 0 Å². The third kappa shape index (κ3) is 5.83. The fourth-order valence-electron chi connectivity index (χ4n) is 1.42. The third-order valence-electron chi connectivity index (χ3n) is 2.52. The van der Waals surface area contributed by atoms with Crippen molar-refractivity contribution in [2.24, 2.45) is 5.92 Å². The van der Waals surface area contributed by atoms with E-state index < -0.39 is 49.1 Å². The minimum atomic E-state index is -3.54. The molecule has 118 valence electrons. The molecule has 3 unspecified atom stereocenters. The van der Waals surface area contributed by atoms with Crippen LogP contribution in [0.25, 0.3) is 0 Å². The van der Waals surface area contributed by atoms with Crippen LogP contribution in [0.4, 0.5) is 26.3 Å². The van der Waals surface area contributed by atoms with Crippen LogP contribution in [0.15, 0.2) is 12.2 Å². The van der Waals surface area contributed by atoms with Gasteiger partial charge in [0.2, 0.25) is 0 Å². The van der Waals surface area contributed by atoms with Gasteiger partial charge in [0.05, 0.1) is 6.61 Å². The average molecular weight is 306 g/mol. The topological polar surface area (TPSA) is 26.3 Å². The van der Waals surface area contributed by atoms with Gasteiger partial charge in [-0.05, 0) is 12.8 Å². The highest BCUT2D eigenvalue weighted by molar-refractivity contribution is 5.88. The van der Waals surface area contributed by atoms with Crippen LogP contribution < -0.4 is 0 Å². The first-order valence-electron chi connectivity index (χ1n) is 5.92. The highest BCUT2D eigenvalue weighted by atomic mass is 19.3. The highest BCUT2D eigenvalue weighted by Gasteiger charge is 2.38. The number of hydrogen-bond donors (Lipinski definition) is 0. The van der Waals surface area contributed by atoms with Gasteiger partial charge in [-0.1, -0.05) is 13.5 Å². The van der Waals surface area contributed by atoms with Crippen LogP contribution in [0.3, 0.4) is 0 Å². The second kappa shape index (κ2) is 8.86. The first-order chi connectivity index (χ1) is 9.22. The van der Waals surface area contributed by atoms with Crippen molar-refractivity contribution < 1.29 is 35.9 Å². The summed E-state index contributed by atoms with van der Waals surface area (Å²) in [6, 6.07) is 0. The smallest absolute Gasteiger partial charge is 0.333 e. The third-order valence-corrected chi connectivity index (χ3v) is 2.52. The van der Waals surface area contributed by atoms with E-state index in [1.165, 1.54) is 0 Å². The maximum atomic E-state index is 13.3. The molecule has 0 aromatic carbocycles. The average Bonchev–Trinajstić information content (AvgIpc) is 2.39. The minimum Gasteiger partial charge on any atom is -0.462 e. The van der Waals surface area contributed by atoms with E-state index >= 15 is 0 Å². The number of esters is 1. The van der Waals surface area contributed by atoms with Crippen molar-refractivity contribution in [3.8, 4) is 0 Å². The lowest BCUT2D eigenvalue weighted by Crippen LogP contribution is -2.32. The van der Waals surface area contributed by atoms with E-state index in [0.29, 0.717) is 6.42 Å². The summed E-state index contributed by atoms with van der Waals surface area (Å²) in [4.78, 5) is 11.4. The first kappa shape index (κ1) is 18.8. The zero-order chi connectivity index (χ0) is 15.9. The Balaban J connectivity index is 4.92. The van der Waals surface area contributed by atoms with E-state index in [1.807, 2.05) is 0 Å². The van der Waals surface area contributed by atoms with Crippen molar-refractivity contribution in [2.45, 2.75) is 45.0 Å². The van der Waals surface area contributed by atoms with E-state index in [9.17, 15) is 31.1 Å². The normalized spacial score (nSPS) is 16.1. The Labute approximate surface area is 112 Å². The fourth-order valence-corrected chi connectivity index (χ4v) is 1.42. The monoisotopic (exact) mass is 306 g/mol. The van der Waals surface area contributed by atoms with Gasteiger partial charge in [-0.2, -0.15) is 0 Å². The molecule has 0 bridgehead atoms. The Kier molecular flexibility index (Phi) is 8.33. The van der Waals surface area contributed by atoms with Crippen LogP contribution in [0, 0.1) is 5.92 Å². The zero-order valence-electron chi connectivity index (χ0n) is 10.8. The van der Waals surface area contributed by atoms with Crippen LogP contribution in [0.2, 0.25) is 0 Å². The molecule has 0 saturated carbocycles. The van der Waals surface area contributed by atoms with Crippen molar-refractivity contribution in [1.29, 1.82) is 0 Å². The lowest BCUT2D eigenvalue weighted by atomic mass is 9.90. The first-order valence-corrected chi connectivity index (χ1v) is 5.92. The Morgan fingerprint density at radius 1 is 1.10 bits per heavy atom. The molecular formula is C12H16F6O2. The molecular weight excluding hydrogens is 290 g/mol. The summed E-state index contributed by atoms with van der Waals surface area (Å²) in [5.41, 5.74) is -0.769. The van der Waals surface area contributed by atoms with Crippen LogP contribution in [0.1, 0.15) is 19.8 Å². The second-order valence-corrected chi connectivity index (χ2v) is 4.13.